The largest absolute Gasteiger partial charge is 0.508 e. The highest BCUT2D eigenvalue weighted by Gasteiger charge is 2.39. The van der Waals surface area contributed by atoms with Crippen molar-refractivity contribution in [1.29, 1.82) is 0 Å². The molecule has 1 aromatic rings. The molecule has 0 unspecified atom stereocenters. The van der Waals surface area contributed by atoms with Crippen LogP contribution in [-0.2, 0) is 0 Å². The maximum Gasteiger partial charge on any atom is 0.418 e. The zero-order chi connectivity index (χ0) is 12.5. The van der Waals surface area contributed by atoms with Crippen molar-refractivity contribution >= 4 is 0 Å². The number of phenols is 1. The van der Waals surface area contributed by atoms with Gasteiger partial charge >= 0.3 is 6.18 Å². The minimum atomic E-state index is -4.69. The number of rotatable bonds is 2. The standard InChI is InChI=1S/C11H13F3O2/c1-6(2)8-5-7(3-4-9(8)15)10(16)11(12,13)14/h3-6,10,15-16H,1-2H3/t10-/m1/s1. The van der Waals surface area contributed by atoms with Gasteiger partial charge in [-0.25, -0.2) is 0 Å². The van der Waals surface area contributed by atoms with Crippen LogP contribution in [0.25, 0.3) is 0 Å². The zero-order valence-electron chi connectivity index (χ0n) is 8.92. The Morgan fingerprint density at radius 2 is 1.75 bits per heavy atom. The molecule has 0 radical (unpaired) electrons. The number of aromatic hydroxyl groups is 1. The number of phenolic OH excluding ortho intramolecular Hbond substituents is 1. The van der Waals surface area contributed by atoms with E-state index in [2.05, 4.69) is 0 Å². The fourth-order valence-electron chi connectivity index (χ4n) is 1.39. The van der Waals surface area contributed by atoms with Gasteiger partial charge in [-0.1, -0.05) is 19.9 Å². The first-order chi connectivity index (χ1) is 7.23. The quantitative estimate of drug-likeness (QED) is 0.825. The van der Waals surface area contributed by atoms with Crippen LogP contribution in [-0.4, -0.2) is 16.4 Å². The second-order valence-electron chi connectivity index (χ2n) is 3.92. The molecule has 0 amide bonds. The Labute approximate surface area is 91.3 Å². The Morgan fingerprint density at radius 3 is 2.19 bits per heavy atom. The molecule has 0 aliphatic heterocycles. The van der Waals surface area contributed by atoms with Crippen molar-refractivity contribution in [2.24, 2.45) is 0 Å². The summed E-state index contributed by atoms with van der Waals surface area (Å²) < 4.78 is 36.8. The van der Waals surface area contributed by atoms with Crippen molar-refractivity contribution < 1.29 is 23.4 Å². The molecule has 16 heavy (non-hydrogen) atoms. The van der Waals surface area contributed by atoms with E-state index in [4.69, 9.17) is 5.11 Å². The predicted octanol–water partition coefficient (Wildman–Crippen LogP) is 3.11. The highest BCUT2D eigenvalue weighted by molar-refractivity contribution is 5.39. The predicted molar refractivity (Wildman–Crippen MR) is 53.2 cm³/mol. The van der Waals surface area contributed by atoms with Crippen LogP contribution in [0.1, 0.15) is 37.0 Å². The van der Waals surface area contributed by atoms with Crippen LogP contribution in [0.4, 0.5) is 13.2 Å². The van der Waals surface area contributed by atoms with Gasteiger partial charge in [0, 0.05) is 0 Å². The summed E-state index contributed by atoms with van der Waals surface area (Å²) in [6.07, 6.45) is -7.20. The van der Waals surface area contributed by atoms with Gasteiger partial charge in [0.2, 0.25) is 0 Å². The topological polar surface area (TPSA) is 40.5 Å². The lowest BCUT2D eigenvalue weighted by Gasteiger charge is -2.17. The van der Waals surface area contributed by atoms with Crippen molar-refractivity contribution in [3.63, 3.8) is 0 Å². The average molecular weight is 234 g/mol. The molecule has 0 saturated heterocycles. The van der Waals surface area contributed by atoms with E-state index in [0.717, 1.165) is 6.07 Å². The molecule has 2 nitrogen and oxygen atoms in total. The Morgan fingerprint density at radius 1 is 1.19 bits per heavy atom. The van der Waals surface area contributed by atoms with Crippen LogP contribution in [0.5, 0.6) is 5.75 Å². The van der Waals surface area contributed by atoms with Gasteiger partial charge in [0.05, 0.1) is 0 Å². The lowest BCUT2D eigenvalue weighted by atomic mass is 9.97. The molecule has 0 aliphatic rings. The minimum Gasteiger partial charge on any atom is -0.508 e. The smallest absolute Gasteiger partial charge is 0.418 e. The van der Waals surface area contributed by atoms with Gasteiger partial charge in [-0.3, -0.25) is 0 Å². The van der Waals surface area contributed by atoms with E-state index in [0.29, 0.717) is 5.56 Å². The normalized spacial score (nSPS) is 14.2. The first-order valence-corrected chi connectivity index (χ1v) is 4.81. The van der Waals surface area contributed by atoms with E-state index in [1.54, 1.807) is 13.8 Å². The van der Waals surface area contributed by atoms with E-state index in [-0.39, 0.29) is 17.2 Å². The molecular formula is C11H13F3O2. The SMILES string of the molecule is CC(C)c1cc([C@@H](O)C(F)(F)F)ccc1O. The molecule has 90 valence electrons. The zero-order valence-corrected chi connectivity index (χ0v) is 8.92. The van der Waals surface area contributed by atoms with Crippen molar-refractivity contribution in [2.75, 3.05) is 0 Å². The van der Waals surface area contributed by atoms with Gasteiger partial charge in [-0.15, -0.1) is 0 Å². The summed E-state index contributed by atoms with van der Waals surface area (Å²) in [4.78, 5) is 0. The molecule has 1 rings (SSSR count). The van der Waals surface area contributed by atoms with Gasteiger partial charge in [0.25, 0.3) is 0 Å². The van der Waals surface area contributed by atoms with Crippen LogP contribution < -0.4 is 0 Å². The fraction of sp³-hybridized carbons (Fsp3) is 0.455. The van der Waals surface area contributed by atoms with E-state index < -0.39 is 12.3 Å². The summed E-state index contributed by atoms with van der Waals surface area (Å²) in [5, 5.41) is 18.5. The van der Waals surface area contributed by atoms with E-state index in [1.165, 1.54) is 12.1 Å². The summed E-state index contributed by atoms with van der Waals surface area (Å²) in [5.41, 5.74) is 0.134. The van der Waals surface area contributed by atoms with Crippen LogP contribution in [0.3, 0.4) is 0 Å². The number of alkyl halides is 3. The number of halogens is 3. The van der Waals surface area contributed by atoms with Crippen molar-refractivity contribution in [1.82, 2.24) is 0 Å². The molecule has 1 atom stereocenters. The van der Waals surface area contributed by atoms with E-state index in [9.17, 15) is 18.3 Å². The molecular weight excluding hydrogens is 221 g/mol. The van der Waals surface area contributed by atoms with Crippen LogP contribution in [0, 0.1) is 0 Å². The number of aliphatic hydroxyl groups excluding tert-OH is 1. The first kappa shape index (κ1) is 12.8. The summed E-state index contributed by atoms with van der Waals surface area (Å²) in [7, 11) is 0. The average Bonchev–Trinajstić information content (AvgIpc) is 2.15. The molecule has 0 bridgehead atoms. The highest BCUT2D eigenvalue weighted by Crippen LogP contribution is 2.35. The number of benzene rings is 1. The van der Waals surface area contributed by atoms with Gasteiger partial charge < -0.3 is 10.2 Å². The molecule has 0 aromatic heterocycles. The Kier molecular flexibility index (Phi) is 3.48. The maximum atomic E-state index is 12.3. The van der Waals surface area contributed by atoms with E-state index in [1.807, 2.05) is 0 Å². The van der Waals surface area contributed by atoms with Gasteiger partial charge in [-0.2, -0.15) is 13.2 Å². The maximum absolute atomic E-state index is 12.3. The Hall–Kier alpha value is -1.23. The second kappa shape index (κ2) is 4.33. The van der Waals surface area contributed by atoms with Gasteiger partial charge in [-0.05, 0) is 29.2 Å². The third-order valence-corrected chi connectivity index (χ3v) is 2.30. The van der Waals surface area contributed by atoms with Gasteiger partial charge in [0.1, 0.15) is 5.75 Å². The third kappa shape index (κ3) is 2.66. The molecule has 0 aliphatic carbocycles. The summed E-state index contributed by atoms with van der Waals surface area (Å²) in [6, 6.07) is 3.41. The molecule has 5 heteroatoms. The number of aliphatic hydroxyl groups is 1. The van der Waals surface area contributed by atoms with Crippen molar-refractivity contribution in [3.05, 3.63) is 29.3 Å². The monoisotopic (exact) mass is 234 g/mol. The minimum absolute atomic E-state index is 0.0619. The van der Waals surface area contributed by atoms with Crippen LogP contribution in [0.2, 0.25) is 0 Å². The summed E-state index contributed by atoms with van der Waals surface area (Å²) in [6.45, 7) is 3.50. The lowest BCUT2D eigenvalue weighted by Crippen LogP contribution is -2.20. The highest BCUT2D eigenvalue weighted by atomic mass is 19.4. The molecule has 1 aromatic carbocycles. The summed E-state index contributed by atoms with van der Waals surface area (Å²) >= 11 is 0. The number of hydrogen-bond donors (Lipinski definition) is 2. The summed E-state index contributed by atoms with van der Waals surface area (Å²) in [5.74, 6) is -0.173. The fourth-order valence-corrected chi connectivity index (χ4v) is 1.39. The molecule has 0 saturated carbocycles. The van der Waals surface area contributed by atoms with Crippen molar-refractivity contribution in [2.45, 2.75) is 32.0 Å². The molecule has 2 N–H and O–H groups in total. The molecule has 0 fully saturated rings. The van der Waals surface area contributed by atoms with E-state index >= 15 is 0 Å². The molecule has 0 heterocycles. The van der Waals surface area contributed by atoms with Crippen LogP contribution in [0.15, 0.2) is 18.2 Å². The van der Waals surface area contributed by atoms with Crippen molar-refractivity contribution in [3.8, 4) is 5.75 Å². The Bertz CT molecular complexity index is 372. The Balaban J connectivity index is 3.13. The van der Waals surface area contributed by atoms with Gasteiger partial charge in [0.15, 0.2) is 6.10 Å². The second-order valence-corrected chi connectivity index (χ2v) is 3.92. The third-order valence-electron chi connectivity index (χ3n) is 2.30. The lowest BCUT2D eigenvalue weighted by molar-refractivity contribution is -0.206. The van der Waals surface area contributed by atoms with Crippen LogP contribution >= 0.6 is 0 Å². The first-order valence-electron chi connectivity index (χ1n) is 4.81. The molecule has 0 spiro atoms. The number of hydrogen-bond acceptors (Lipinski definition) is 2.